The summed E-state index contributed by atoms with van der Waals surface area (Å²) in [6.45, 7) is 0.847. The first-order valence-electron chi connectivity index (χ1n) is 6.14. The second-order valence-corrected chi connectivity index (χ2v) is 4.23. The highest BCUT2D eigenvalue weighted by Gasteiger charge is 2.15. The van der Waals surface area contributed by atoms with Gasteiger partial charge in [0.25, 0.3) is 0 Å². The van der Waals surface area contributed by atoms with Crippen molar-refractivity contribution in [3.8, 4) is 5.75 Å². The Bertz CT molecular complexity index is 587. The van der Waals surface area contributed by atoms with Crippen LogP contribution in [0.5, 0.6) is 5.75 Å². The molecule has 0 aliphatic carbocycles. The van der Waals surface area contributed by atoms with Crippen molar-refractivity contribution < 1.29 is 9.66 Å². The zero-order valence-corrected chi connectivity index (χ0v) is 11.1. The van der Waals surface area contributed by atoms with Gasteiger partial charge in [0.2, 0.25) is 0 Å². The zero-order valence-electron chi connectivity index (χ0n) is 11.1. The van der Waals surface area contributed by atoms with E-state index in [9.17, 15) is 10.1 Å². The number of nitrogens with zero attached hydrogens (tertiary/aromatic N) is 2. The molecule has 0 fully saturated rings. The van der Waals surface area contributed by atoms with Crippen LogP contribution in [0.1, 0.15) is 11.1 Å². The molecule has 1 aromatic carbocycles. The van der Waals surface area contributed by atoms with Crippen LogP contribution in [0.25, 0.3) is 0 Å². The molecule has 0 radical (unpaired) electrons. The summed E-state index contributed by atoms with van der Waals surface area (Å²) in [6.07, 6.45) is 3.31. The minimum absolute atomic E-state index is 0.0215. The normalized spacial score (nSPS) is 10.2. The average molecular weight is 273 g/mol. The highest BCUT2D eigenvalue weighted by Crippen LogP contribution is 2.28. The Labute approximate surface area is 116 Å². The third-order valence-electron chi connectivity index (χ3n) is 2.74. The lowest BCUT2D eigenvalue weighted by Gasteiger charge is -2.08. The molecule has 0 unspecified atom stereocenters. The minimum Gasteiger partial charge on any atom is -0.482 e. The maximum Gasteiger partial charge on any atom is 0.311 e. The van der Waals surface area contributed by atoms with Gasteiger partial charge in [-0.25, -0.2) is 0 Å². The van der Waals surface area contributed by atoms with Gasteiger partial charge < -0.3 is 10.1 Å². The molecule has 0 saturated carbocycles. The molecular weight excluding hydrogens is 258 g/mol. The summed E-state index contributed by atoms with van der Waals surface area (Å²) in [5, 5.41) is 14.0. The fraction of sp³-hybridized carbons (Fsp3) is 0.214. The Hall–Kier alpha value is -2.47. The summed E-state index contributed by atoms with van der Waals surface area (Å²) in [7, 11) is 1.79. The standard InChI is InChI=1S/C14H15N3O3/c1-15-9-12-2-3-14(13(8-12)17(18)19)20-10-11-4-6-16-7-5-11/h2-8,15H,9-10H2,1H3. The molecule has 0 saturated heterocycles. The molecule has 0 atom stereocenters. The monoisotopic (exact) mass is 273 g/mol. The Morgan fingerprint density at radius 3 is 2.65 bits per heavy atom. The number of rotatable bonds is 6. The molecule has 0 amide bonds. The molecule has 0 aliphatic heterocycles. The van der Waals surface area contributed by atoms with Gasteiger partial charge >= 0.3 is 5.69 Å². The number of benzene rings is 1. The summed E-state index contributed by atoms with van der Waals surface area (Å²) in [4.78, 5) is 14.6. The molecule has 2 aromatic rings. The van der Waals surface area contributed by atoms with Crippen molar-refractivity contribution in [2.24, 2.45) is 0 Å². The maximum absolute atomic E-state index is 11.1. The Balaban J connectivity index is 2.16. The van der Waals surface area contributed by atoms with E-state index in [-0.39, 0.29) is 18.0 Å². The largest absolute Gasteiger partial charge is 0.482 e. The van der Waals surface area contributed by atoms with Crippen LogP contribution < -0.4 is 10.1 Å². The minimum atomic E-state index is -0.430. The van der Waals surface area contributed by atoms with Gasteiger partial charge in [-0.2, -0.15) is 0 Å². The molecule has 0 aliphatic rings. The fourth-order valence-corrected chi connectivity index (χ4v) is 1.78. The van der Waals surface area contributed by atoms with Gasteiger partial charge in [0.05, 0.1) is 4.92 Å². The van der Waals surface area contributed by atoms with Crippen molar-refractivity contribution >= 4 is 5.69 Å². The molecule has 2 rings (SSSR count). The van der Waals surface area contributed by atoms with E-state index in [1.54, 1.807) is 37.6 Å². The van der Waals surface area contributed by atoms with Gasteiger partial charge in [-0.05, 0) is 36.4 Å². The number of pyridine rings is 1. The van der Waals surface area contributed by atoms with E-state index >= 15 is 0 Å². The topological polar surface area (TPSA) is 77.3 Å². The first-order valence-corrected chi connectivity index (χ1v) is 6.14. The van der Waals surface area contributed by atoms with Crippen LogP contribution in [0, 0.1) is 10.1 Å². The second kappa shape index (κ2) is 6.63. The van der Waals surface area contributed by atoms with E-state index in [0.717, 1.165) is 11.1 Å². The fourth-order valence-electron chi connectivity index (χ4n) is 1.78. The van der Waals surface area contributed by atoms with E-state index in [2.05, 4.69) is 10.3 Å². The molecule has 0 bridgehead atoms. The molecule has 1 aromatic heterocycles. The molecule has 20 heavy (non-hydrogen) atoms. The van der Waals surface area contributed by atoms with Crippen LogP contribution >= 0.6 is 0 Å². The summed E-state index contributed by atoms with van der Waals surface area (Å²) < 4.78 is 5.53. The molecule has 0 spiro atoms. The highest BCUT2D eigenvalue weighted by atomic mass is 16.6. The molecular formula is C14H15N3O3. The average Bonchev–Trinajstić information content (AvgIpc) is 2.47. The zero-order chi connectivity index (χ0) is 14.4. The maximum atomic E-state index is 11.1. The summed E-state index contributed by atoms with van der Waals surface area (Å²) in [5.41, 5.74) is 1.73. The highest BCUT2D eigenvalue weighted by molar-refractivity contribution is 5.48. The number of nitro benzene ring substituents is 1. The predicted octanol–water partition coefficient (Wildman–Crippen LogP) is 2.29. The van der Waals surface area contributed by atoms with Gasteiger partial charge in [0, 0.05) is 25.0 Å². The van der Waals surface area contributed by atoms with Gasteiger partial charge in [-0.1, -0.05) is 6.07 Å². The quantitative estimate of drug-likeness (QED) is 0.645. The van der Waals surface area contributed by atoms with Crippen molar-refractivity contribution in [1.82, 2.24) is 10.3 Å². The molecule has 1 heterocycles. The Kier molecular flexibility index (Phi) is 4.62. The van der Waals surface area contributed by atoms with E-state index in [4.69, 9.17) is 4.74 Å². The number of nitrogens with one attached hydrogen (secondary N) is 1. The van der Waals surface area contributed by atoms with Gasteiger partial charge in [0.1, 0.15) is 6.61 Å². The number of hydrogen-bond donors (Lipinski definition) is 1. The molecule has 6 nitrogen and oxygen atoms in total. The molecule has 1 N–H and O–H groups in total. The van der Waals surface area contributed by atoms with Crippen LogP contribution in [0.2, 0.25) is 0 Å². The van der Waals surface area contributed by atoms with E-state index in [0.29, 0.717) is 6.54 Å². The number of nitro groups is 1. The summed E-state index contributed by atoms with van der Waals surface area (Å²) in [5.74, 6) is 0.270. The van der Waals surface area contributed by atoms with Crippen molar-refractivity contribution in [2.45, 2.75) is 13.2 Å². The van der Waals surface area contributed by atoms with Gasteiger partial charge in [-0.15, -0.1) is 0 Å². The van der Waals surface area contributed by atoms with E-state index in [1.807, 2.05) is 6.07 Å². The van der Waals surface area contributed by atoms with Crippen LogP contribution in [0.3, 0.4) is 0 Å². The third kappa shape index (κ3) is 3.52. The third-order valence-corrected chi connectivity index (χ3v) is 2.74. The van der Waals surface area contributed by atoms with Crippen molar-refractivity contribution in [3.05, 3.63) is 64.0 Å². The lowest BCUT2D eigenvalue weighted by atomic mass is 10.2. The van der Waals surface area contributed by atoms with Crippen molar-refractivity contribution in [3.63, 3.8) is 0 Å². The summed E-state index contributed by atoms with van der Waals surface area (Å²) in [6, 6.07) is 8.58. The molecule has 6 heteroatoms. The summed E-state index contributed by atoms with van der Waals surface area (Å²) >= 11 is 0. The lowest BCUT2D eigenvalue weighted by molar-refractivity contribution is -0.386. The first-order chi connectivity index (χ1) is 9.70. The Morgan fingerprint density at radius 2 is 2.00 bits per heavy atom. The Morgan fingerprint density at radius 1 is 1.25 bits per heavy atom. The number of hydrogen-bond acceptors (Lipinski definition) is 5. The van der Waals surface area contributed by atoms with Crippen molar-refractivity contribution in [2.75, 3.05) is 7.05 Å². The van der Waals surface area contributed by atoms with E-state index in [1.165, 1.54) is 6.07 Å². The van der Waals surface area contributed by atoms with E-state index < -0.39 is 4.92 Å². The van der Waals surface area contributed by atoms with Crippen LogP contribution in [-0.4, -0.2) is 17.0 Å². The lowest BCUT2D eigenvalue weighted by Crippen LogP contribution is -2.06. The number of aromatic nitrogens is 1. The van der Waals surface area contributed by atoms with Gasteiger partial charge in [-0.3, -0.25) is 15.1 Å². The van der Waals surface area contributed by atoms with Crippen LogP contribution in [-0.2, 0) is 13.2 Å². The SMILES string of the molecule is CNCc1ccc(OCc2ccncc2)c([N+](=O)[O-])c1. The van der Waals surface area contributed by atoms with Crippen LogP contribution in [0.4, 0.5) is 5.69 Å². The van der Waals surface area contributed by atoms with Gasteiger partial charge in [0.15, 0.2) is 5.75 Å². The second-order valence-electron chi connectivity index (χ2n) is 4.23. The predicted molar refractivity (Wildman–Crippen MR) is 74.4 cm³/mol. The number of ether oxygens (including phenoxy) is 1. The smallest absolute Gasteiger partial charge is 0.311 e. The molecule has 104 valence electrons. The van der Waals surface area contributed by atoms with Crippen molar-refractivity contribution in [1.29, 1.82) is 0 Å². The van der Waals surface area contributed by atoms with Crippen LogP contribution in [0.15, 0.2) is 42.7 Å². The first kappa shape index (κ1) is 14.0.